The molecule has 0 heterocycles. The van der Waals surface area contributed by atoms with Gasteiger partial charge in [0.25, 0.3) is 0 Å². The minimum absolute atomic E-state index is 0.272. The van der Waals surface area contributed by atoms with E-state index in [1.165, 1.54) is 25.7 Å². The summed E-state index contributed by atoms with van der Waals surface area (Å²) in [7, 11) is 0. The summed E-state index contributed by atoms with van der Waals surface area (Å²) in [5, 5.41) is 8.38. The van der Waals surface area contributed by atoms with E-state index < -0.39 is 5.97 Å². The standard InChI is InChI=1S/C10H18O3/c11-10(12)7-3-4-8-13-9-5-1-2-6-9/h9H,1-8H2,(H,11,12). The van der Waals surface area contributed by atoms with Crippen LogP contribution >= 0.6 is 0 Å². The lowest BCUT2D eigenvalue weighted by Crippen LogP contribution is -2.08. The molecular formula is C10H18O3. The molecule has 0 radical (unpaired) electrons. The van der Waals surface area contributed by atoms with Crippen LogP contribution in [0, 0.1) is 0 Å². The molecule has 1 aliphatic rings. The number of carbonyl (C=O) groups is 1. The fourth-order valence-corrected chi connectivity index (χ4v) is 1.68. The largest absolute Gasteiger partial charge is 0.481 e. The predicted octanol–water partition coefficient (Wildman–Crippen LogP) is 2.20. The van der Waals surface area contributed by atoms with E-state index in [-0.39, 0.29) is 6.42 Å². The van der Waals surface area contributed by atoms with Crippen molar-refractivity contribution >= 4 is 5.97 Å². The minimum atomic E-state index is -0.708. The van der Waals surface area contributed by atoms with Crippen molar-refractivity contribution in [3.63, 3.8) is 0 Å². The van der Waals surface area contributed by atoms with E-state index >= 15 is 0 Å². The number of ether oxygens (including phenoxy) is 1. The van der Waals surface area contributed by atoms with Crippen molar-refractivity contribution in [3.05, 3.63) is 0 Å². The average Bonchev–Trinajstić information content (AvgIpc) is 2.55. The number of carboxylic acid groups (broad SMARTS) is 1. The van der Waals surface area contributed by atoms with Crippen LogP contribution in [-0.4, -0.2) is 23.8 Å². The number of carboxylic acids is 1. The summed E-state index contributed by atoms with van der Waals surface area (Å²) in [5.74, 6) is -0.708. The van der Waals surface area contributed by atoms with Crippen LogP contribution in [0.25, 0.3) is 0 Å². The summed E-state index contributed by atoms with van der Waals surface area (Å²) in [6.07, 6.45) is 7.32. The van der Waals surface area contributed by atoms with Crippen molar-refractivity contribution in [1.29, 1.82) is 0 Å². The summed E-state index contributed by atoms with van der Waals surface area (Å²) in [6, 6.07) is 0. The van der Waals surface area contributed by atoms with Gasteiger partial charge in [-0.2, -0.15) is 0 Å². The van der Waals surface area contributed by atoms with Crippen molar-refractivity contribution < 1.29 is 14.6 Å². The zero-order valence-corrected chi connectivity index (χ0v) is 8.00. The van der Waals surface area contributed by atoms with Crippen LogP contribution in [0.4, 0.5) is 0 Å². The van der Waals surface area contributed by atoms with Crippen LogP contribution in [0.1, 0.15) is 44.9 Å². The molecule has 76 valence electrons. The van der Waals surface area contributed by atoms with Crippen LogP contribution in [0.2, 0.25) is 0 Å². The maximum absolute atomic E-state index is 10.2. The molecule has 1 aliphatic carbocycles. The van der Waals surface area contributed by atoms with Gasteiger partial charge in [0.05, 0.1) is 6.10 Å². The zero-order valence-electron chi connectivity index (χ0n) is 8.00. The van der Waals surface area contributed by atoms with Gasteiger partial charge in [-0.05, 0) is 25.7 Å². The molecule has 1 rings (SSSR count). The molecule has 0 bridgehead atoms. The second-order valence-corrected chi connectivity index (χ2v) is 3.63. The summed E-state index contributed by atoms with van der Waals surface area (Å²) >= 11 is 0. The fourth-order valence-electron chi connectivity index (χ4n) is 1.68. The quantitative estimate of drug-likeness (QED) is 0.647. The van der Waals surface area contributed by atoms with Gasteiger partial charge in [-0.25, -0.2) is 0 Å². The molecule has 0 aromatic heterocycles. The SMILES string of the molecule is O=C(O)CCCCOC1CCCC1. The lowest BCUT2D eigenvalue weighted by Gasteiger charge is -2.09. The number of hydrogen-bond acceptors (Lipinski definition) is 2. The van der Waals surface area contributed by atoms with Crippen molar-refractivity contribution in [1.82, 2.24) is 0 Å². The molecule has 1 N–H and O–H groups in total. The van der Waals surface area contributed by atoms with Crippen LogP contribution < -0.4 is 0 Å². The van der Waals surface area contributed by atoms with Crippen LogP contribution in [-0.2, 0) is 9.53 Å². The topological polar surface area (TPSA) is 46.5 Å². The first kappa shape index (κ1) is 10.5. The van der Waals surface area contributed by atoms with Crippen molar-refractivity contribution in [2.24, 2.45) is 0 Å². The van der Waals surface area contributed by atoms with Gasteiger partial charge >= 0.3 is 5.97 Å². The molecule has 1 fully saturated rings. The van der Waals surface area contributed by atoms with Crippen LogP contribution in [0.15, 0.2) is 0 Å². The average molecular weight is 186 g/mol. The summed E-state index contributed by atoms with van der Waals surface area (Å²) in [5.41, 5.74) is 0. The number of hydrogen-bond donors (Lipinski definition) is 1. The van der Waals surface area contributed by atoms with Crippen LogP contribution in [0.3, 0.4) is 0 Å². The smallest absolute Gasteiger partial charge is 0.303 e. The van der Waals surface area contributed by atoms with E-state index in [0.717, 1.165) is 19.4 Å². The molecule has 0 aliphatic heterocycles. The van der Waals surface area contributed by atoms with Gasteiger partial charge in [-0.15, -0.1) is 0 Å². The van der Waals surface area contributed by atoms with Gasteiger partial charge in [-0.3, -0.25) is 4.79 Å². The van der Waals surface area contributed by atoms with E-state index in [0.29, 0.717) is 6.10 Å². The van der Waals surface area contributed by atoms with E-state index in [1.54, 1.807) is 0 Å². The molecular weight excluding hydrogens is 168 g/mol. The van der Waals surface area contributed by atoms with Gasteiger partial charge in [0, 0.05) is 13.0 Å². The normalized spacial score (nSPS) is 17.8. The Labute approximate surface area is 79.1 Å². The Morgan fingerprint density at radius 2 is 2.00 bits per heavy atom. The molecule has 0 atom stereocenters. The molecule has 0 amide bonds. The molecule has 0 saturated heterocycles. The molecule has 0 spiro atoms. The Hall–Kier alpha value is -0.570. The maximum Gasteiger partial charge on any atom is 0.303 e. The highest BCUT2D eigenvalue weighted by Gasteiger charge is 2.14. The molecule has 0 unspecified atom stereocenters. The highest BCUT2D eigenvalue weighted by molar-refractivity contribution is 5.66. The number of aliphatic carboxylic acids is 1. The first-order valence-corrected chi connectivity index (χ1v) is 5.12. The van der Waals surface area contributed by atoms with Crippen molar-refractivity contribution in [2.45, 2.75) is 51.0 Å². The monoisotopic (exact) mass is 186 g/mol. The Balaban J connectivity index is 1.86. The second-order valence-electron chi connectivity index (χ2n) is 3.63. The molecule has 0 aromatic carbocycles. The Morgan fingerprint density at radius 3 is 2.62 bits per heavy atom. The van der Waals surface area contributed by atoms with E-state index in [1.807, 2.05) is 0 Å². The lowest BCUT2D eigenvalue weighted by molar-refractivity contribution is -0.137. The van der Waals surface area contributed by atoms with Gasteiger partial charge in [0.2, 0.25) is 0 Å². The third-order valence-corrected chi connectivity index (χ3v) is 2.44. The van der Waals surface area contributed by atoms with Crippen molar-refractivity contribution in [3.8, 4) is 0 Å². The van der Waals surface area contributed by atoms with Gasteiger partial charge < -0.3 is 9.84 Å². The molecule has 0 aromatic rings. The Morgan fingerprint density at radius 1 is 1.31 bits per heavy atom. The van der Waals surface area contributed by atoms with E-state index in [4.69, 9.17) is 9.84 Å². The van der Waals surface area contributed by atoms with Gasteiger partial charge in [0.15, 0.2) is 0 Å². The zero-order chi connectivity index (χ0) is 9.52. The van der Waals surface area contributed by atoms with E-state index in [9.17, 15) is 4.79 Å². The summed E-state index contributed by atoms with van der Waals surface area (Å²) in [4.78, 5) is 10.2. The van der Waals surface area contributed by atoms with Gasteiger partial charge in [-0.1, -0.05) is 12.8 Å². The molecule has 3 nitrogen and oxygen atoms in total. The maximum atomic E-state index is 10.2. The molecule has 3 heteroatoms. The first-order valence-electron chi connectivity index (χ1n) is 5.12. The Kier molecular flexibility index (Phi) is 4.83. The molecule has 1 saturated carbocycles. The number of rotatable bonds is 6. The summed E-state index contributed by atoms with van der Waals surface area (Å²) in [6.45, 7) is 0.734. The second kappa shape index (κ2) is 5.97. The third-order valence-electron chi connectivity index (χ3n) is 2.44. The number of unbranched alkanes of at least 4 members (excludes halogenated alkanes) is 1. The van der Waals surface area contributed by atoms with E-state index in [2.05, 4.69) is 0 Å². The lowest BCUT2D eigenvalue weighted by atomic mass is 10.2. The van der Waals surface area contributed by atoms with Gasteiger partial charge in [0.1, 0.15) is 0 Å². The minimum Gasteiger partial charge on any atom is -0.481 e. The highest BCUT2D eigenvalue weighted by Crippen LogP contribution is 2.20. The Bertz CT molecular complexity index is 150. The summed E-state index contributed by atoms with van der Waals surface area (Å²) < 4.78 is 5.59. The van der Waals surface area contributed by atoms with Crippen molar-refractivity contribution in [2.75, 3.05) is 6.61 Å². The highest BCUT2D eigenvalue weighted by atomic mass is 16.5. The predicted molar refractivity (Wildman–Crippen MR) is 49.7 cm³/mol. The molecule has 13 heavy (non-hydrogen) atoms. The first-order chi connectivity index (χ1) is 6.29. The van der Waals surface area contributed by atoms with Crippen LogP contribution in [0.5, 0.6) is 0 Å². The fraction of sp³-hybridized carbons (Fsp3) is 0.900. The third kappa shape index (κ3) is 4.88.